The number of ether oxygens (including phenoxy) is 1. The van der Waals surface area contributed by atoms with Gasteiger partial charge in [0.25, 0.3) is 5.56 Å². The van der Waals surface area contributed by atoms with Crippen molar-refractivity contribution in [1.82, 2.24) is 9.55 Å². The molecule has 1 aliphatic rings. The average molecular weight is 382 g/mol. The third-order valence-corrected chi connectivity index (χ3v) is 5.25. The Hall–Kier alpha value is -2.90. The Morgan fingerprint density at radius 3 is 2.78 bits per heavy atom. The number of benzene rings is 2. The van der Waals surface area contributed by atoms with Gasteiger partial charge in [-0.2, -0.15) is 0 Å². The summed E-state index contributed by atoms with van der Waals surface area (Å²) in [5.74, 6) is 0.390. The lowest BCUT2D eigenvalue weighted by Crippen LogP contribution is -2.87. The number of para-hydroxylation sites is 2. The molecule has 6 nitrogen and oxygen atoms in total. The average Bonchev–Trinajstić information content (AvgIpc) is 2.68. The van der Waals surface area contributed by atoms with Gasteiger partial charge in [-0.05, 0) is 29.9 Å². The Morgan fingerprint density at radius 1 is 1.22 bits per heavy atom. The van der Waals surface area contributed by atoms with Crippen LogP contribution in [0.5, 0.6) is 11.6 Å². The van der Waals surface area contributed by atoms with Crippen LogP contribution in [0.2, 0.25) is 0 Å². The summed E-state index contributed by atoms with van der Waals surface area (Å²) in [6.07, 6.45) is 0.928. The van der Waals surface area contributed by atoms with Crippen LogP contribution in [0.4, 0.5) is 0 Å². The van der Waals surface area contributed by atoms with Crippen molar-refractivity contribution in [2.45, 2.75) is 12.5 Å². The number of aromatic amines is 1. The maximum atomic E-state index is 12.8. The second-order valence-corrected chi connectivity index (χ2v) is 6.84. The number of hydrogen-bond acceptors (Lipinski definition) is 4. The highest BCUT2D eigenvalue weighted by molar-refractivity contribution is 7.71. The highest BCUT2D eigenvalue weighted by atomic mass is 32.1. The number of nitrogens with zero attached hydrogens (tertiary/aromatic N) is 1. The van der Waals surface area contributed by atoms with Crippen molar-refractivity contribution in [3.63, 3.8) is 0 Å². The Balaban J connectivity index is 1.97. The van der Waals surface area contributed by atoms with Crippen molar-refractivity contribution in [3.05, 3.63) is 80.3 Å². The van der Waals surface area contributed by atoms with E-state index < -0.39 is 0 Å². The zero-order valence-electron chi connectivity index (χ0n) is 14.8. The minimum Gasteiger partial charge on any atom is -0.495 e. The second kappa shape index (κ2) is 7.02. The first kappa shape index (κ1) is 17.5. The van der Waals surface area contributed by atoms with E-state index in [2.05, 4.69) is 16.4 Å². The van der Waals surface area contributed by atoms with Gasteiger partial charge in [-0.1, -0.05) is 36.4 Å². The molecular weight excluding hydrogens is 362 g/mol. The number of hydrogen-bond donors (Lipinski definition) is 3. The van der Waals surface area contributed by atoms with Crippen LogP contribution < -0.4 is 15.6 Å². The van der Waals surface area contributed by atoms with Crippen molar-refractivity contribution >= 4 is 12.2 Å². The van der Waals surface area contributed by atoms with Gasteiger partial charge in [0, 0.05) is 12.0 Å². The van der Waals surface area contributed by atoms with Gasteiger partial charge >= 0.3 is 0 Å². The maximum Gasteiger partial charge on any atom is 0.265 e. The number of nitrogens with one attached hydrogen (secondary N) is 1. The minimum absolute atomic E-state index is 0.120. The highest BCUT2D eigenvalue weighted by Gasteiger charge is 2.31. The zero-order chi connectivity index (χ0) is 19.0. The SMILES string of the molecule is COc1ccccc1-n1c(O)c([C@H]2[NH2+]CCc3ccccc32)c(=O)[nH]c1=S. The van der Waals surface area contributed by atoms with Crippen LogP contribution in [0.1, 0.15) is 22.7 Å². The van der Waals surface area contributed by atoms with E-state index in [0.29, 0.717) is 17.0 Å². The predicted molar refractivity (Wildman–Crippen MR) is 104 cm³/mol. The molecule has 0 fully saturated rings. The van der Waals surface area contributed by atoms with E-state index >= 15 is 0 Å². The van der Waals surface area contributed by atoms with Gasteiger partial charge in [0.05, 0.1) is 19.3 Å². The normalized spacial score (nSPS) is 16.0. The van der Waals surface area contributed by atoms with E-state index in [0.717, 1.165) is 18.5 Å². The first-order valence-electron chi connectivity index (χ1n) is 8.74. The molecule has 1 aromatic heterocycles. The van der Waals surface area contributed by atoms with E-state index in [4.69, 9.17) is 17.0 Å². The molecule has 0 saturated heterocycles. The Morgan fingerprint density at radius 2 is 1.96 bits per heavy atom. The molecule has 0 aliphatic carbocycles. The van der Waals surface area contributed by atoms with Gasteiger partial charge in [-0.3, -0.25) is 14.3 Å². The van der Waals surface area contributed by atoms with E-state index in [1.807, 2.05) is 30.3 Å². The number of aromatic hydroxyl groups is 1. The zero-order valence-corrected chi connectivity index (χ0v) is 15.6. The number of methoxy groups -OCH3 is 1. The summed E-state index contributed by atoms with van der Waals surface area (Å²) in [6, 6.07) is 14.9. The molecule has 27 heavy (non-hydrogen) atoms. The van der Waals surface area contributed by atoms with E-state index in [1.54, 1.807) is 19.2 Å². The van der Waals surface area contributed by atoms with Gasteiger partial charge in [0.15, 0.2) is 4.77 Å². The molecule has 7 heteroatoms. The molecular formula is C20H20N3O3S+. The van der Waals surface area contributed by atoms with Crippen molar-refractivity contribution < 1.29 is 15.2 Å². The molecule has 1 aliphatic heterocycles. The van der Waals surface area contributed by atoms with E-state index in [1.165, 1.54) is 10.1 Å². The number of rotatable bonds is 3. The van der Waals surface area contributed by atoms with Crippen molar-refractivity contribution in [1.29, 1.82) is 0 Å². The number of H-pyrrole nitrogens is 1. The van der Waals surface area contributed by atoms with Crippen molar-refractivity contribution in [2.75, 3.05) is 13.7 Å². The largest absolute Gasteiger partial charge is 0.495 e. The molecule has 0 spiro atoms. The van der Waals surface area contributed by atoms with Gasteiger partial charge in [0.2, 0.25) is 5.88 Å². The maximum absolute atomic E-state index is 12.8. The molecule has 4 N–H and O–H groups in total. The molecule has 0 saturated carbocycles. The first-order chi connectivity index (χ1) is 13.1. The van der Waals surface area contributed by atoms with Crippen LogP contribution in [0.25, 0.3) is 5.69 Å². The number of aromatic nitrogens is 2. The summed E-state index contributed by atoms with van der Waals surface area (Å²) < 4.78 is 6.98. The van der Waals surface area contributed by atoms with Crippen molar-refractivity contribution in [3.8, 4) is 17.3 Å². The van der Waals surface area contributed by atoms with Gasteiger partial charge in [-0.25, -0.2) is 0 Å². The van der Waals surface area contributed by atoms with Gasteiger partial charge in [0.1, 0.15) is 17.4 Å². The van der Waals surface area contributed by atoms with Crippen LogP contribution in [0, 0.1) is 4.77 Å². The lowest BCUT2D eigenvalue weighted by atomic mass is 9.90. The summed E-state index contributed by atoms with van der Waals surface area (Å²) in [6.45, 7) is 0.838. The fourth-order valence-corrected chi connectivity index (χ4v) is 4.01. The Kier molecular flexibility index (Phi) is 4.55. The van der Waals surface area contributed by atoms with Gasteiger partial charge < -0.3 is 15.2 Å². The summed E-state index contributed by atoms with van der Waals surface area (Å²) in [4.78, 5) is 15.5. The summed E-state index contributed by atoms with van der Waals surface area (Å²) in [5.41, 5.74) is 2.72. The third-order valence-electron chi connectivity index (χ3n) is 4.96. The van der Waals surface area contributed by atoms with Crippen molar-refractivity contribution in [2.24, 2.45) is 0 Å². The molecule has 0 radical (unpaired) electrons. The first-order valence-corrected chi connectivity index (χ1v) is 9.15. The molecule has 1 atom stereocenters. The van der Waals surface area contributed by atoms with Crippen LogP contribution in [0.15, 0.2) is 53.3 Å². The molecule has 4 rings (SSSR count). The molecule has 2 aromatic carbocycles. The van der Waals surface area contributed by atoms with Crippen LogP contribution in [0.3, 0.4) is 0 Å². The van der Waals surface area contributed by atoms with E-state index in [9.17, 15) is 9.90 Å². The van der Waals surface area contributed by atoms with Crippen LogP contribution >= 0.6 is 12.2 Å². The molecule has 0 amide bonds. The molecule has 138 valence electrons. The highest BCUT2D eigenvalue weighted by Crippen LogP contribution is 2.32. The Labute approximate surface area is 161 Å². The minimum atomic E-state index is -0.374. The fourth-order valence-electron chi connectivity index (χ4n) is 3.73. The summed E-state index contributed by atoms with van der Waals surface area (Å²) in [5, 5.41) is 13.2. The lowest BCUT2D eigenvalue weighted by Gasteiger charge is -2.25. The Bertz CT molecular complexity index is 1120. The monoisotopic (exact) mass is 382 g/mol. The number of fused-ring (bicyclic) bond motifs is 1. The molecule has 3 aromatic rings. The summed E-state index contributed by atoms with van der Waals surface area (Å²) >= 11 is 5.34. The summed E-state index contributed by atoms with van der Waals surface area (Å²) in [7, 11) is 1.55. The smallest absolute Gasteiger partial charge is 0.265 e. The topological polar surface area (TPSA) is 83.9 Å². The lowest BCUT2D eigenvalue weighted by molar-refractivity contribution is -0.690. The molecule has 2 heterocycles. The number of quaternary nitrogens is 1. The third kappa shape index (κ3) is 2.94. The fraction of sp³-hybridized carbons (Fsp3) is 0.200. The van der Waals surface area contributed by atoms with Crippen LogP contribution in [-0.2, 0) is 6.42 Å². The predicted octanol–water partition coefficient (Wildman–Crippen LogP) is 1.82. The molecule has 0 unspecified atom stereocenters. The number of nitrogens with two attached hydrogens (primary N) is 1. The van der Waals surface area contributed by atoms with E-state index in [-0.39, 0.29) is 22.3 Å². The quantitative estimate of drug-likeness (QED) is 0.604. The van der Waals surface area contributed by atoms with Crippen LogP contribution in [-0.4, -0.2) is 28.3 Å². The second-order valence-electron chi connectivity index (χ2n) is 6.45. The van der Waals surface area contributed by atoms with Gasteiger partial charge in [-0.15, -0.1) is 0 Å². The molecule has 0 bridgehead atoms. The standard InChI is InChI=1S/C20H19N3O3S/c1-26-15-9-5-4-8-14(15)23-19(25)16(18(24)22-20(23)27)17-13-7-3-2-6-12(13)10-11-21-17/h2-9,17,21,25H,10-11H2,1H3,(H,22,24,27)/p+1/t17-/m0/s1.